The van der Waals surface area contributed by atoms with Gasteiger partial charge in [0.25, 0.3) is 5.91 Å². The van der Waals surface area contributed by atoms with Gasteiger partial charge in [-0.1, -0.05) is 18.2 Å². The highest BCUT2D eigenvalue weighted by Crippen LogP contribution is 2.12. The summed E-state index contributed by atoms with van der Waals surface area (Å²) in [5.74, 6) is -1.50. The van der Waals surface area contributed by atoms with Crippen LogP contribution in [0.4, 0.5) is 14.5 Å². The van der Waals surface area contributed by atoms with E-state index in [0.29, 0.717) is 5.56 Å². The molecule has 0 saturated heterocycles. The Morgan fingerprint density at radius 1 is 1.05 bits per heavy atom. The molecule has 4 nitrogen and oxygen atoms in total. The zero-order valence-corrected chi connectivity index (χ0v) is 12.4. The number of rotatable bonds is 2. The monoisotopic (exact) mass is 321 g/mol. The van der Waals surface area contributed by atoms with Gasteiger partial charge in [-0.15, -0.1) is 0 Å². The Morgan fingerprint density at radius 2 is 1.77 bits per heavy atom. The highest BCUT2D eigenvalue weighted by molar-refractivity contribution is 7.80. The van der Waals surface area contributed by atoms with E-state index in [2.05, 4.69) is 16.2 Å². The van der Waals surface area contributed by atoms with Crippen molar-refractivity contribution in [3.63, 3.8) is 0 Å². The van der Waals surface area contributed by atoms with Crippen molar-refractivity contribution in [2.45, 2.75) is 6.92 Å². The van der Waals surface area contributed by atoms with Crippen molar-refractivity contribution in [2.75, 3.05) is 5.32 Å². The van der Waals surface area contributed by atoms with Crippen molar-refractivity contribution >= 4 is 28.9 Å². The minimum absolute atomic E-state index is 0.00559. The lowest BCUT2D eigenvalue weighted by Gasteiger charge is -2.12. The van der Waals surface area contributed by atoms with Crippen molar-refractivity contribution in [1.29, 1.82) is 0 Å². The van der Waals surface area contributed by atoms with E-state index in [1.165, 1.54) is 24.3 Å². The number of thiocarbonyl (C=S) groups is 1. The average Bonchev–Trinajstić information content (AvgIpc) is 2.50. The molecule has 2 aromatic rings. The van der Waals surface area contributed by atoms with Gasteiger partial charge in [0.2, 0.25) is 0 Å². The highest BCUT2D eigenvalue weighted by Gasteiger charge is 2.09. The fraction of sp³-hybridized carbons (Fsp3) is 0.0667. The largest absolute Gasteiger partial charge is 0.329 e. The summed E-state index contributed by atoms with van der Waals surface area (Å²) in [6.07, 6.45) is 0. The summed E-state index contributed by atoms with van der Waals surface area (Å²) in [7, 11) is 0. The lowest BCUT2D eigenvalue weighted by molar-refractivity contribution is 0.0943. The predicted octanol–water partition coefficient (Wildman–Crippen LogP) is 2.90. The van der Waals surface area contributed by atoms with Gasteiger partial charge in [0.1, 0.15) is 11.6 Å². The Kier molecular flexibility index (Phi) is 5.00. The van der Waals surface area contributed by atoms with Crippen LogP contribution in [0, 0.1) is 18.6 Å². The summed E-state index contributed by atoms with van der Waals surface area (Å²) in [6, 6.07) is 10.1. The summed E-state index contributed by atoms with van der Waals surface area (Å²) in [5.41, 5.74) is 5.49. The molecule has 2 rings (SSSR count). The molecule has 114 valence electrons. The molecular formula is C15H13F2N3OS. The maximum atomic E-state index is 13.4. The van der Waals surface area contributed by atoms with E-state index in [4.69, 9.17) is 12.2 Å². The van der Waals surface area contributed by atoms with Crippen LogP contribution in [0.2, 0.25) is 0 Å². The number of aryl methyl sites for hydroxylation is 1. The summed E-state index contributed by atoms with van der Waals surface area (Å²) < 4.78 is 26.8. The molecule has 0 atom stereocenters. The van der Waals surface area contributed by atoms with Crippen molar-refractivity contribution in [3.8, 4) is 0 Å². The van der Waals surface area contributed by atoms with Crippen LogP contribution in [0.25, 0.3) is 0 Å². The first-order chi connectivity index (χ1) is 10.5. The molecule has 0 radical (unpaired) electrons. The van der Waals surface area contributed by atoms with E-state index in [1.807, 2.05) is 0 Å². The lowest BCUT2D eigenvalue weighted by Crippen LogP contribution is -2.43. The van der Waals surface area contributed by atoms with Gasteiger partial charge in [0.15, 0.2) is 5.11 Å². The zero-order valence-electron chi connectivity index (χ0n) is 11.6. The standard InChI is InChI=1S/C15H13F2N3OS/c1-9-6-7-10(8-12(9)17)14(21)19-20-15(22)18-13-5-3-2-4-11(13)16/h2-8H,1H3,(H,19,21)(H2,18,20,22). The molecule has 1 amide bonds. The van der Waals surface area contributed by atoms with Gasteiger partial charge in [-0.3, -0.25) is 15.6 Å². The van der Waals surface area contributed by atoms with Crippen LogP contribution in [0.5, 0.6) is 0 Å². The van der Waals surface area contributed by atoms with Crippen molar-refractivity contribution in [1.82, 2.24) is 10.9 Å². The van der Waals surface area contributed by atoms with Gasteiger partial charge in [-0.05, 0) is 49.0 Å². The number of hydrogen-bond donors (Lipinski definition) is 3. The third kappa shape index (κ3) is 3.98. The molecule has 0 bridgehead atoms. The van der Waals surface area contributed by atoms with Gasteiger partial charge < -0.3 is 5.32 Å². The smallest absolute Gasteiger partial charge is 0.269 e. The Labute approximate surface area is 131 Å². The van der Waals surface area contributed by atoms with Crippen molar-refractivity contribution in [3.05, 3.63) is 65.2 Å². The van der Waals surface area contributed by atoms with Crippen LogP contribution < -0.4 is 16.2 Å². The van der Waals surface area contributed by atoms with Gasteiger partial charge in [0, 0.05) is 5.56 Å². The number of anilines is 1. The average molecular weight is 321 g/mol. The molecule has 0 aliphatic carbocycles. The van der Waals surface area contributed by atoms with Crippen LogP contribution in [0.15, 0.2) is 42.5 Å². The number of hydrazine groups is 1. The maximum absolute atomic E-state index is 13.4. The van der Waals surface area contributed by atoms with Gasteiger partial charge >= 0.3 is 0 Å². The topological polar surface area (TPSA) is 53.2 Å². The molecule has 0 spiro atoms. The Balaban J connectivity index is 1.92. The molecule has 0 aliphatic rings. The predicted molar refractivity (Wildman–Crippen MR) is 84.4 cm³/mol. The Hall–Kier alpha value is -2.54. The first-order valence-corrected chi connectivity index (χ1v) is 6.76. The van der Waals surface area contributed by atoms with Crippen LogP contribution in [0.1, 0.15) is 15.9 Å². The molecule has 0 aromatic heterocycles. The second kappa shape index (κ2) is 6.95. The Bertz CT molecular complexity index is 722. The molecule has 3 N–H and O–H groups in total. The lowest BCUT2D eigenvalue weighted by atomic mass is 10.1. The maximum Gasteiger partial charge on any atom is 0.269 e. The number of nitrogens with one attached hydrogen (secondary N) is 3. The van der Waals surface area contributed by atoms with Gasteiger partial charge in [-0.2, -0.15) is 0 Å². The molecular weight excluding hydrogens is 308 g/mol. The molecule has 7 heteroatoms. The van der Waals surface area contributed by atoms with Gasteiger partial charge in [0.05, 0.1) is 5.69 Å². The number of halogens is 2. The molecule has 0 aliphatic heterocycles. The molecule has 0 saturated carbocycles. The first kappa shape index (κ1) is 15.8. The highest BCUT2D eigenvalue weighted by atomic mass is 32.1. The normalized spacial score (nSPS) is 9.95. The van der Waals surface area contributed by atoms with Crippen LogP contribution in [-0.4, -0.2) is 11.0 Å². The van der Waals surface area contributed by atoms with Crippen molar-refractivity contribution in [2.24, 2.45) is 0 Å². The molecule has 0 heterocycles. The fourth-order valence-electron chi connectivity index (χ4n) is 1.64. The molecule has 22 heavy (non-hydrogen) atoms. The summed E-state index contributed by atoms with van der Waals surface area (Å²) in [6.45, 7) is 1.60. The quantitative estimate of drug-likeness (QED) is 0.588. The number of carbonyl (C=O) groups is 1. The number of carbonyl (C=O) groups excluding carboxylic acids is 1. The molecule has 0 fully saturated rings. The molecule has 0 unspecified atom stereocenters. The summed E-state index contributed by atoms with van der Waals surface area (Å²) in [4.78, 5) is 11.8. The SMILES string of the molecule is Cc1ccc(C(=O)NNC(=S)Nc2ccccc2F)cc1F. The Morgan fingerprint density at radius 3 is 2.45 bits per heavy atom. The first-order valence-electron chi connectivity index (χ1n) is 6.35. The van der Waals surface area contributed by atoms with E-state index in [-0.39, 0.29) is 16.4 Å². The number of hydrogen-bond acceptors (Lipinski definition) is 2. The third-order valence-electron chi connectivity index (χ3n) is 2.85. The number of benzene rings is 2. The van der Waals surface area contributed by atoms with Crippen molar-refractivity contribution < 1.29 is 13.6 Å². The van der Waals surface area contributed by atoms with E-state index in [1.54, 1.807) is 19.1 Å². The second-order valence-electron chi connectivity index (χ2n) is 4.48. The second-order valence-corrected chi connectivity index (χ2v) is 4.89. The van der Waals surface area contributed by atoms with E-state index in [9.17, 15) is 13.6 Å². The zero-order chi connectivity index (χ0) is 16.1. The van der Waals surface area contributed by atoms with E-state index in [0.717, 1.165) is 6.07 Å². The van der Waals surface area contributed by atoms with Crippen LogP contribution in [0.3, 0.4) is 0 Å². The summed E-state index contributed by atoms with van der Waals surface area (Å²) in [5, 5.41) is 2.60. The number of para-hydroxylation sites is 1. The number of amides is 1. The fourth-order valence-corrected chi connectivity index (χ4v) is 1.80. The van der Waals surface area contributed by atoms with Crippen LogP contribution >= 0.6 is 12.2 Å². The van der Waals surface area contributed by atoms with Gasteiger partial charge in [-0.25, -0.2) is 8.78 Å². The minimum Gasteiger partial charge on any atom is -0.329 e. The van der Waals surface area contributed by atoms with E-state index >= 15 is 0 Å². The third-order valence-corrected chi connectivity index (χ3v) is 3.05. The minimum atomic E-state index is -0.559. The van der Waals surface area contributed by atoms with E-state index < -0.39 is 17.5 Å². The van der Waals surface area contributed by atoms with Crippen LogP contribution in [-0.2, 0) is 0 Å². The summed E-state index contributed by atoms with van der Waals surface area (Å²) >= 11 is 4.93. The molecule has 2 aromatic carbocycles.